The number of thioether (sulfide) groups is 1. The van der Waals surface area contributed by atoms with Crippen molar-refractivity contribution in [2.45, 2.75) is 11.4 Å². The summed E-state index contributed by atoms with van der Waals surface area (Å²) in [6, 6.07) is 10.8. The minimum Gasteiger partial charge on any atom is -0.378 e. The molecule has 1 saturated heterocycles. The molecule has 0 aliphatic carbocycles. The molecular weight excluding hydrogens is 232 g/mol. The third kappa shape index (κ3) is 3.01. The number of nitrogens with zero attached hydrogens (tertiary/aromatic N) is 1. The van der Waals surface area contributed by atoms with Crippen LogP contribution in [0.3, 0.4) is 0 Å². The van der Waals surface area contributed by atoms with Gasteiger partial charge in [0.25, 0.3) is 0 Å². The smallest absolute Gasteiger partial charge is 0.116 e. The summed E-state index contributed by atoms with van der Waals surface area (Å²) in [4.78, 5) is 1.27. The lowest BCUT2D eigenvalue weighted by atomic mass is 9.88. The summed E-state index contributed by atoms with van der Waals surface area (Å²) in [5, 5.41) is 12.4. The van der Waals surface area contributed by atoms with E-state index in [1.165, 1.54) is 10.5 Å². The Labute approximate surface area is 106 Å². The lowest BCUT2D eigenvalue weighted by Gasteiger charge is -2.35. The van der Waals surface area contributed by atoms with E-state index in [1.807, 2.05) is 0 Å². The fourth-order valence-corrected chi connectivity index (χ4v) is 2.15. The summed E-state index contributed by atoms with van der Waals surface area (Å²) in [5.74, 6) is 0. The van der Waals surface area contributed by atoms with E-state index in [-0.39, 0.29) is 5.41 Å². The third-order valence-electron chi connectivity index (χ3n) is 2.95. The van der Waals surface area contributed by atoms with E-state index in [0.29, 0.717) is 19.8 Å². The fraction of sp³-hybridized carbons (Fsp3) is 0.462. The lowest BCUT2D eigenvalue weighted by molar-refractivity contribution is -0.0755. The second-order valence-electron chi connectivity index (χ2n) is 4.34. The normalized spacial score (nSPS) is 17.2. The number of hydrogen-bond acceptors (Lipinski definition) is 4. The minimum atomic E-state index is -0.292. The Hall–Kier alpha value is -1.02. The van der Waals surface area contributed by atoms with Crippen LogP contribution in [0.2, 0.25) is 0 Å². The summed E-state index contributed by atoms with van der Waals surface area (Å²) >= 11 is 1.74. The van der Waals surface area contributed by atoms with Crippen molar-refractivity contribution < 1.29 is 4.74 Å². The maximum atomic E-state index is 9.03. The van der Waals surface area contributed by atoms with Gasteiger partial charge in [0, 0.05) is 18.0 Å². The van der Waals surface area contributed by atoms with Crippen molar-refractivity contribution in [1.82, 2.24) is 5.32 Å². The van der Waals surface area contributed by atoms with E-state index in [2.05, 4.69) is 41.9 Å². The second-order valence-corrected chi connectivity index (χ2v) is 5.22. The molecule has 1 aliphatic heterocycles. The van der Waals surface area contributed by atoms with Crippen LogP contribution in [0, 0.1) is 16.7 Å². The van der Waals surface area contributed by atoms with Crippen LogP contribution < -0.4 is 5.32 Å². The topological polar surface area (TPSA) is 45.0 Å². The first kappa shape index (κ1) is 12.4. The Bertz CT molecular complexity index is 406. The van der Waals surface area contributed by atoms with Gasteiger partial charge < -0.3 is 10.1 Å². The second kappa shape index (κ2) is 5.54. The molecule has 0 aromatic heterocycles. The highest BCUT2D eigenvalue weighted by molar-refractivity contribution is 7.98. The Balaban J connectivity index is 1.80. The molecule has 0 amide bonds. The first-order valence-corrected chi connectivity index (χ1v) is 6.83. The van der Waals surface area contributed by atoms with Crippen molar-refractivity contribution in [3.05, 3.63) is 29.8 Å². The average molecular weight is 248 g/mol. The van der Waals surface area contributed by atoms with Crippen LogP contribution in [0.15, 0.2) is 29.2 Å². The van der Waals surface area contributed by atoms with Gasteiger partial charge in [-0.3, -0.25) is 0 Å². The quantitative estimate of drug-likeness (QED) is 0.810. The monoisotopic (exact) mass is 248 g/mol. The van der Waals surface area contributed by atoms with Crippen LogP contribution in [-0.2, 0) is 11.3 Å². The Kier molecular flexibility index (Phi) is 4.06. The van der Waals surface area contributed by atoms with Crippen molar-refractivity contribution in [2.75, 3.05) is 26.0 Å². The van der Waals surface area contributed by atoms with Gasteiger partial charge in [-0.05, 0) is 24.0 Å². The van der Waals surface area contributed by atoms with Gasteiger partial charge in [0.2, 0.25) is 0 Å². The lowest BCUT2D eigenvalue weighted by Crippen LogP contribution is -2.48. The molecule has 1 aliphatic rings. The van der Waals surface area contributed by atoms with E-state index in [0.717, 1.165) is 6.54 Å². The number of rotatable bonds is 5. The molecule has 1 aromatic carbocycles. The van der Waals surface area contributed by atoms with E-state index >= 15 is 0 Å². The molecule has 0 spiro atoms. The first-order chi connectivity index (χ1) is 8.28. The van der Waals surface area contributed by atoms with Crippen LogP contribution in [0.25, 0.3) is 0 Å². The third-order valence-corrected chi connectivity index (χ3v) is 3.69. The molecular formula is C13H16N2OS. The maximum absolute atomic E-state index is 9.03. The number of nitrogens with one attached hydrogen (secondary N) is 1. The zero-order valence-corrected chi connectivity index (χ0v) is 10.7. The predicted octanol–water partition coefficient (Wildman–Crippen LogP) is 2.04. The molecule has 2 rings (SSSR count). The number of benzene rings is 1. The molecule has 1 aromatic rings. The van der Waals surface area contributed by atoms with Crippen LogP contribution in [0.4, 0.5) is 0 Å². The highest BCUT2D eigenvalue weighted by Gasteiger charge is 2.38. The molecule has 0 radical (unpaired) electrons. The first-order valence-electron chi connectivity index (χ1n) is 5.61. The summed E-state index contributed by atoms with van der Waals surface area (Å²) in [6.07, 6.45) is 2.07. The van der Waals surface area contributed by atoms with Gasteiger partial charge in [0.15, 0.2) is 0 Å². The SMILES string of the molecule is CSc1ccc(CNCC2(C#N)COC2)cc1. The summed E-state index contributed by atoms with van der Waals surface area (Å²) in [7, 11) is 0. The molecule has 0 bridgehead atoms. The van der Waals surface area contributed by atoms with Gasteiger partial charge >= 0.3 is 0 Å². The summed E-state index contributed by atoms with van der Waals surface area (Å²) in [6.45, 7) is 2.62. The Morgan fingerprint density at radius 1 is 1.41 bits per heavy atom. The number of hydrogen-bond donors (Lipinski definition) is 1. The van der Waals surface area contributed by atoms with Crippen molar-refractivity contribution in [1.29, 1.82) is 5.26 Å². The summed E-state index contributed by atoms with van der Waals surface area (Å²) < 4.78 is 5.10. The molecule has 1 heterocycles. The van der Waals surface area contributed by atoms with E-state index in [1.54, 1.807) is 11.8 Å². The van der Waals surface area contributed by atoms with Crippen LogP contribution in [-0.4, -0.2) is 26.0 Å². The van der Waals surface area contributed by atoms with Gasteiger partial charge in [-0.15, -0.1) is 11.8 Å². The van der Waals surface area contributed by atoms with Crippen molar-refractivity contribution >= 4 is 11.8 Å². The molecule has 0 saturated carbocycles. The highest BCUT2D eigenvalue weighted by atomic mass is 32.2. The van der Waals surface area contributed by atoms with E-state index in [9.17, 15) is 0 Å². The van der Waals surface area contributed by atoms with Gasteiger partial charge in [-0.25, -0.2) is 0 Å². The molecule has 1 N–H and O–H groups in total. The molecule has 1 fully saturated rings. The molecule has 17 heavy (non-hydrogen) atoms. The molecule has 4 heteroatoms. The number of ether oxygens (including phenoxy) is 1. The predicted molar refractivity (Wildman–Crippen MR) is 68.8 cm³/mol. The van der Waals surface area contributed by atoms with Crippen molar-refractivity contribution in [2.24, 2.45) is 5.41 Å². The van der Waals surface area contributed by atoms with Gasteiger partial charge in [0.1, 0.15) is 5.41 Å². The van der Waals surface area contributed by atoms with Gasteiger partial charge in [0.05, 0.1) is 19.3 Å². The van der Waals surface area contributed by atoms with E-state index < -0.39 is 0 Å². The molecule has 0 unspecified atom stereocenters. The maximum Gasteiger partial charge on any atom is 0.116 e. The molecule has 3 nitrogen and oxygen atoms in total. The van der Waals surface area contributed by atoms with Crippen LogP contribution in [0.1, 0.15) is 5.56 Å². The van der Waals surface area contributed by atoms with E-state index in [4.69, 9.17) is 10.00 Å². The largest absolute Gasteiger partial charge is 0.378 e. The van der Waals surface area contributed by atoms with Gasteiger partial charge in [-0.2, -0.15) is 5.26 Å². The van der Waals surface area contributed by atoms with Crippen molar-refractivity contribution in [3.8, 4) is 6.07 Å². The minimum absolute atomic E-state index is 0.292. The highest BCUT2D eigenvalue weighted by Crippen LogP contribution is 2.25. The zero-order chi connectivity index (χ0) is 12.1. The molecule has 90 valence electrons. The average Bonchev–Trinajstić information content (AvgIpc) is 2.33. The fourth-order valence-electron chi connectivity index (χ4n) is 1.74. The molecule has 0 atom stereocenters. The standard InChI is InChI=1S/C13H16N2OS/c1-17-12-4-2-11(3-5-12)6-15-8-13(7-14)9-16-10-13/h2-5,15H,6,8-10H2,1H3. The summed E-state index contributed by atoms with van der Waals surface area (Å²) in [5.41, 5.74) is 0.954. The Morgan fingerprint density at radius 2 is 2.12 bits per heavy atom. The van der Waals surface area contributed by atoms with Crippen LogP contribution >= 0.6 is 11.8 Å². The van der Waals surface area contributed by atoms with Crippen LogP contribution in [0.5, 0.6) is 0 Å². The zero-order valence-electron chi connectivity index (χ0n) is 9.90. The number of nitriles is 1. The van der Waals surface area contributed by atoms with Gasteiger partial charge in [-0.1, -0.05) is 12.1 Å². The van der Waals surface area contributed by atoms with Crippen molar-refractivity contribution in [3.63, 3.8) is 0 Å². The Morgan fingerprint density at radius 3 is 2.59 bits per heavy atom.